The first-order valence-corrected chi connectivity index (χ1v) is 9.87. The largest absolute Gasteiger partial charge is 0.501 e. The van der Waals surface area contributed by atoms with Crippen LogP contribution in [0.15, 0.2) is 11.8 Å². The highest BCUT2D eigenvalue weighted by Crippen LogP contribution is 2.39. The third-order valence-corrected chi connectivity index (χ3v) is 6.50. The summed E-state index contributed by atoms with van der Waals surface area (Å²) in [5, 5.41) is 0. The predicted octanol–water partition coefficient (Wildman–Crippen LogP) is 4.57. The molecule has 2 nitrogen and oxygen atoms in total. The van der Waals surface area contributed by atoms with E-state index in [1.165, 1.54) is 50.5 Å². The molecule has 0 aromatic heterocycles. The molecule has 1 heterocycles. The maximum Gasteiger partial charge on any atom is 0.0873 e. The standard InChI is InChI=1S/C17H30O2S/c1-2-17(10-13-20(18)14-11-17)9-6-12-19-15-16-7-4-3-5-8-16/h15H,2-14H2,1H3. The zero-order valence-electron chi connectivity index (χ0n) is 13.0. The van der Waals surface area contributed by atoms with Crippen molar-refractivity contribution in [3.8, 4) is 0 Å². The first-order valence-electron chi connectivity index (χ1n) is 8.39. The van der Waals surface area contributed by atoms with E-state index in [0.29, 0.717) is 5.41 Å². The summed E-state index contributed by atoms with van der Waals surface area (Å²) in [6.45, 7) is 3.15. The molecule has 0 bridgehead atoms. The van der Waals surface area contributed by atoms with E-state index in [1.54, 1.807) is 0 Å². The predicted molar refractivity (Wildman–Crippen MR) is 86.2 cm³/mol. The molecule has 0 spiro atoms. The van der Waals surface area contributed by atoms with E-state index in [-0.39, 0.29) is 0 Å². The summed E-state index contributed by atoms with van der Waals surface area (Å²) in [7, 11) is -0.542. The number of ether oxygens (including phenoxy) is 1. The fourth-order valence-electron chi connectivity index (χ4n) is 3.50. The second-order valence-electron chi connectivity index (χ2n) is 6.51. The maximum absolute atomic E-state index is 11.5. The van der Waals surface area contributed by atoms with E-state index in [9.17, 15) is 4.21 Å². The molecule has 0 unspecified atom stereocenters. The Morgan fingerprint density at radius 3 is 2.55 bits per heavy atom. The summed E-state index contributed by atoms with van der Waals surface area (Å²) in [5.74, 6) is 1.83. The first-order chi connectivity index (χ1) is 9.74. The van der Waals surface area contributed by atoms with Gasteiger partial charge in [0.05, 0.1) is 12.9 Å². The van der Waals surface area contributed by atoms with Gasteiger partial charge in [0, 0.05) is 22.3 Å². The number of rotatable bonds is 6. The van der Waals surface area contributed by atoms with Crippen LogP contribution in [-0.2, 0) is 15.5 Å². The van der Waals surface area contributed by atoms with Gasteiger partial charge in [0.25, 0.3) is 0 Å². The molecule has 2 aliphatic rings. The quantitative estimate of drug-likeness (QED) is 0.530. The van der Waals surface area contributed by atoms with Crippen molar-refractivity contribution >= 4 is 10.8 Å². The zero-order chi connectivity index (χ0) is 14.3. The fraction of sp³-hybridized carbons (Fsp3) is 0.882. The molecule has 1 aliphatic carbocycles. The van der Waals surface area contributed by atoms with Gasteiger partial charge in [-0.25, -0.2) is 0 Å². The van der Waals surface area contributed by atoms with Gasteiger partial charge in [-0.05, 0) is 62.4 Å². The molecule has 0 radical (unpaired) electrons. The highest BCUT2D eigenvalue weighted by molar-refractivity contribution is 7.85. The Morgan fingerprint density at radius 1 is 1.20 bits per heavy atom. The smallest absolute Gasteiger partial charge is 0.0873 e. The molecule has 0 aromatic rings. The minimum Gasteiger partial charge on any atom is -0.501 e. The van der Waals surface area contributed by atoms with Crippen molar-refractivity contribution in [2.45, 2.75) is 71.1 Å². The lowest BCUT2D eigenvalue weighted by Gasteiger charge is -2.36. The third-order valence-electron chi connectivity index (χ3n) is 5.19. The van der Waals surface area contributed by atoms with Crippen molar-refractivity contribution in [3.05, 3.63) is 11.8 Å². The van der Waals surface area contributed by atoms with Gasteiger partial charge < -0.3 is 4.74 Å². The monoisotopic (exact) mass is 298 g/mol. The van der Waals surface area contributed by atoms with Gasteiger partial charge in [0.15, 0.2) is 0 Å². The molecular weight excluding hydrogens is 268 g/mol. The highest BCUT2D eigenvalue weighted by atomic mass is 32.2. The van der Waals surface area contributed by atoms with Crippen LogP contribution in [0.25, 0.3) is 0 Å². The van der Waals surface area contributed by atoms with Crippen molar-refractivity contribution < 1.29 is 8.95 Å². The Kier molecular flexibility index (Phi) is 6.60. The van der Waals surface area contributed by atoms with Crippen LogP contribution in [-0.4, -0.2) is 22.3 Å². The van der Waals surface area contributed by atoms with Crippen molar-refractivity contribution in [2.75, 3.05) is 18.1 Å². The Hall–Kier alpha value is -0.310. The van der Waals surface area contributed by atoms with Gasteiger partial charge in [0.2, 0.25) is 0 Å². The normalized spacial score (nSPS) is 31.1. The van der Waals surface area contributed by atoms with Gasteiger partial charge in [-0.15, -0.1) is 0 Å². The number of hydrogen-bond donors (Lipinski definition) is 0. The highest BCUT2D eigenvalue weighted by Gasteiger charge is 2.31. The Bertz CT molecular complexity index is 331. The van der Waals surface area contributed by atoms with E-state index in [0.717, 1.165) is 37.4 Å². The van der Waals surface area contributed by atoms with Crippen molar-refractivity contribution in [2.24, 2.45) is 5.41 Å². The van der Waals surface area contributed by atoms with Crippen molar-refractivity contribution in [1.82, 2.24) is 0 Å². The van der Waals surface area contributed by atoms with E-state index in [1.807, 2.05) is 6.26 Å². The van der Waals surface area contributed by atoms with Crippen LogP contribution in [0.3, 0.4) is 0 Å². The molecule has 0 aromatic carbocycles. The minimum absolute atomic E-state index is 0.454. The van der Waals surface area contributed by atoms with Crippen LogP contribution >= 0.6 is 0 Å². The topological polar surface area (TPSA) is 26.3 Å². The van der Waals surface area contributed by atoms with E-state index >= 15 is 0 Å². The molecule has 3 heteroatoms. The van der Waals surface area contributed by atoms with Gasteiger partial charge >= 0.3 is 0 Å². The van der Waals surface area contributed by atoms with Crippen LogP contribution in [0.5, 0.6) is 0 Å². The summed E-state index contributed by atoms with van der Waals surface area (Å²) >= 11 is 0. The Balaban J connectivity index is 1.65. The summed E-state index contributed by atoms with van der Waals surface area (Å²) in [6.07, 6.45) is 14.5. The van der Waals surface area contributed by atoms with Crippen LogP contribution < -0.4 is 0 Å². The lowest BCUT2D eigenvalue weighted by Crippen LogP contribution is -2.30. The lowest BCUT2D eigenvalue weighted by atomic mass is 9.76. The van der Waals surface area contributed by atoms with Gasteiger partial charge in [-0.1, -0.05) is 19.8 Å². The third kappa shape index (κ3) is 4.91. The molecule has 0 amide bonds. The van der Waals surface area contributed by atoms with E-state index in [2.05, 4.69) is 6.92 Å². The summed E-state index contributed by atoms with van der Waals surface area (Å²) in [6, 6.07) is 0. The van der Waals surface area contributed by atoms with E-state index < -0.39 is 10.8 Å². The Labute approximate surface area is 126 Å². The average Bonchev–Trinajstić information content (AvgIpc) is 2.50. The molecule has 1 aliphatic heterocycles. The van der Waals surface area contributed by atoms with Crippen molar-refractivity contribution in [3.63, 3.8) is 0 Å². The molecular formula is C17H30O2S. The molecule has 2 fully saturated rings. The lowest BCUT2D eigenvalue weighted by molar-refractivity contribution is 0.176. The average molecular weight is 298 g/mol. The van der Waals surface area contributed by atoms with Gasteiger partial charge in [-0.2, -0.15) is 0 Å². The fourth-order valence-corrected chi connectivity index (χ4v) is 5.02. The van der Waals surface area contributed by atoms with Crippen LogP contribution in [0.4, 0.5) is 0 Å². The Morgan fingerprint density at radius 2 is 1.90 bits per heavy atom. The summed E-state index contributed by atoms with van der Waals surface area (Å²) in [4.78, 5) is 0. The molecule has 1 saturated carbocycles. The number of allylic oxidation sites excluding steroid dienone is 1. The number of hydrogen-bond acceptors (Lipinski definition) is 2. The molecule has 116 valence electrons. The van der Waals surface area contributed by atoms with E-state index in [4.69, 9.17) is 4.74 Å². The molecule has 20 heavy (non-hydrogen) atoms. The minimum atomic E-state index is -0.542. The zero-order valence-corrected chi connectivity index (χ0v) is 13.8. The second kappa shape index (κ2) is 8.21. The maximum atomic E-state index is 11.5. The SMILES string of the molecule is CCC1(CCCOC=C2CCCCC2)CCS(=O)CC1. The van der Waals surface area contributed by atoms with Crippen LogP contribution in [0.1, 0.15) is 71.1 Å². The molecule has 0 atom stereocenters. The molecule has 2 rings (SSSR count). The molecule has 1 saturated heterocycles. The van der Waals surface area contributed by atoms with Gasteiger partial charge in [-0.3, -0.25) is 4.21 Å². The van der Waals surface area contributed by atoms with Crippen LogP contribution in [0.2, 0.25) is 0 Å². The van der Waals surface area contributed by atoms with Crippen molar-refractivity contribution in [1.29, 1.82) is 0 Å². The second-order valence-corrected chi connectivity index (χ2v) is 8.21. The molecule has 0 N–H and O–H groups in total. The summed E-state index contributed by atoms with van der Waals surface area (Å²) < 4.78 is 17.2. The first kappa shape index (κ1) is 16.1. The van der Waals surface area contributed by atoms with Gasteiger partial charge in [0.1, 0.15) is 0 Å². The van der Waals surface area contributed by atoms with Crippen LogP contribution in [0, 0.1) is 5.41 Å². The summed E-state index contributed by atoms with van der Waals surface area (Å²) in [5.41, 5.74) is 1.96.